The third-order valence-corrected chi connectivity index (χ3v) is 5.76. The van der Waals surface area contributed by atoms with Crippen molar-refractivity contribution in [3.05, 3.63) is 72.3 Å². The maximum absolute atomic E-state index is 12.7. The first-order valence-electron chi connectivity index (χ1n) is 11.2. The van der Waals surface area contributed by atoms with E-state index >= 15 is 0 Å². The largest absolute Gasteiger partial charge is 0.481 e. The summed E-state index contributed by atoms with van der Waals surface area (Å²) in [5.41, 5.74) is 4.46. The lowest BCUT2D eigenvalue weighted by molar-refractivity contribution is -0.137. The molecule has 3 rings (SSSR count). The molecular weight excluding hydrogens is 420 g/mol. The second-order valence-electron chi connectivity index (χ2n) is 8.14. The maximum atomic E-state index is 12.7. The molecule has 1 unspecified atom stereocenters. The fourth-order valence-corrected chi connectivity index (χ4v) is 4.27. The standard InChI is InChI=1S/C26H30N2O5/c1-3-9-17(15-24(29)30)27-25(31)23(10-4-2)28-26(32)33-16-22-20-13-7-5-11-18(20)19-12-6-8-14-21(19)22/h4-8,11-14,17,22-23H,2-3,9-10,15-16H2,1H3,(H,27,31)(H,28,32)(H,29,30)/t17-,23?/m1/s1. The Kier molecular flexibility index (Phi) is 8.24. The van der Waals surface area contributed by atoms with Crippen LogP contribution >= 0.6 is 0 Å². The molecule has 1 aliphatic carbocycles. The minimum atomic E-state index is -0.987. The second kappa shape index (κ2) is 11.3. The van der Waals surface area contributed by atoms with Gasteiger partial charge in [-0.05, 0) is 35.1 Å². The van der Waals surface area contributed by atoms with Gasteiger partial charge in [0.05, 0.1) is 6.42 Å². The summed E-state index contributed by atoms with van der Waals surface area (Å²) in [5, 5.41) is 14.4. The number of carboxylic acids is 1. The highest BCUT2D eigenvalue weighted by molar-refractivity contribution is 5.86. The summed E-state index contributed by atoms with van der Waals surface area (Å²) in [7, 11) is 0. The smallest absolute Gasteiger partial charge is 0.407 e. The van der Waals surface area contributed by atoms with Gasteiger partial charge in [0.25, 0.3) is 0 Å². The van der Waals surface area contributed by atoms with Gasteiger partial charge >= 0.3 is 12.1 Å². The van der Waals surface area contributed by atoms with Crippen LogP contribution in [-0.2, 0) is 14.3 Å². The fraction of sp³-hybridized carbons (Fsp3) is 0.346. The van der Waals surface area contributed by atoms with Crippen LogP contribution in [0.15, 0.2) is 61.2 Å². The first-order valence-corrected chi connectivity index (χ1v) is 11.2. The Hall–Kier alpha value is -3.61. The van der Waals surface area contributed by atoms with Crippen LogP contribution in [0.1, 0.15) is 49.7 Å². The Morgan fingerprint density at radius 3 is 2.21 bits per heavy atom. The molecule has 0 bridgehead atoms. The van der Waals surface area contributed by atoms with Crippen LogP contribution in [0.2, 0.25) is 0 Å². The molecule has 2 amide bonds. The van der Waals surface area contributed by atoms with Gasteiger partial charge in [-0.1, -0.05) is 68.0 Å². The quantitative estimate of drug-likeness (QED) is 0.445. The Labute approximate surface area is 193 Å². The number of carboxylic acid groups (broad SMARTS) is 1. The SMILES string of the molecule is C=CCC(NC(=O)OCC1c2ccccc2-c2ccccc21)C(=O)N[C@H](CCC)CC(=O)O. The average Bonchev–Trinajstić information content (AvgIpc) is 3.11. The molecule has 0 aromatic heterocycles. The van der Waals surface area contributed by atoms with E-state index < -0.39 is 30.1 Å². The number of aliphatic carboxylic acids is 1. The van der Waals surface area contributed by atoms with Crippen LogP contribution in [0, 0.1) is 0 Å². The van der Waals surface area contributed by atoms with Crippen molar-refractivity contribution in [1.29, 1.82) is 0 Å². The number of hydrogen-bond donors (Lipinski definition) is 3. The number of fused-ring (bicyclic) bond motifs is 3. The van der Waals surface area contributed by atoms with Crippen LogP contribution in [0.3, 0.4) is 0 Å². The summed E-state index contributed by atoms with van der Waals surface area (Å²) in [6, 6.07) is 14.7. The van der Waals surface area contributed by atoms with Crippen molar-refractivity contribution in [2.45, 2.75) is 50.6 Å². The lowest BCUT2D eigenvalue weighted by atomic mass is 9.98. The van der Waals surface area contributed by atoms with Gasteiger partial charge in [-0.2, -0.15) is 0 Å². The van der Waals surface area contributed by atoms with Crippen molar-refractivity contribution in [3.8, 4) is 11.1 Å². The highest BCUT2D eigenvalue weighted by Crippen LogP contribution is 2.44. The van der Waals surface area contributed by atoms with Crippen molar-refractivity contribution in [1.82, 2.24) is 10.6 Å². The molecule has 1 aliphatic rings. The molecule has 7 heteroatoms. The Morgan fingerprint density at radius 1 is 1.06 bits per heavy atom. The lowest BCUT2D eigenvalue weighted by Crippen LogP contribution is -2.50. The highest BCUT2D eigenvalue weighted by Gasteiger charge is 2.30. The van der Waals surface area contributed by atoms with E-state index in [-0.39, 0.29) is 25.4 Å². The summed E-state index contributed by atoms with van der Waals surface area (Å²) in [6.45, 7) is 5.70. The average molecular weight is 451 g/mol. The first-order chi connectivity index (χ1) is 15.9. The predicted molar refractivity (Wildman–Crippen MR) is 126 cm³/mol. The molecule has 0 spiro atoms. The number of alkyl carbamates (subject to hydrolysis) is 1. The summed E-state index contributed by atoms with van der Waals surface area (Å²) in [5.74, 6) is -1.53. The number of amides is 2. The van der Waals surface area contributed by atoms with Gasteiger partial charge < -0.3 is 20.5 Å². The van der Waals surface area contributed by atoms with Crippen LogP contribution in [0.4, 0.5) is 4.79 Å². The van der Waals surface area contributed by atoms with Crippen LogP contribution in [0.25, 0.3) is 11.1 Å². The van der Waals surface area contributed by atoms with Crippen molar-refractivity contribution in [2.24, 2.45) is 0 Å². The van der Waals surface area contributed by atoms with Gasteiger partial charge in [0, 0.05) is 12.0 Å². The van der Waals surface area contributed by atoms with Crippen LogP contribution in [0.5, 0.6) is 0 Å². The van der Waals surface area contributed by atoms with E-state index in [1.165, 1.54) is 6.08 Å². The van der Waals surface area contributed by atoms with E-state index in [1.54, 1.807) is 0 Å². The van der Waals surface area contributed by atoms with Crippen LogP contribution in [-0.4, -0.2) is 41.8 Å². The van der Waals surface area contributed by atoms with E-state index in [0.29, 0.717) is 6.42 Å². The Balaban J connectivity index is 1.63. The zero-order valence-corrected chi connectivity index (χ0v) is 18.8. The van der Waals surface area contributed by atoms with E-state index in [4.69, 9.17) is 9.84 Å². The lowest BCUT2D eigenvalue weighted by Gasteiger charge is -2.22. The number of hydrogen-bond acceptors (Lipinski definition) is 4. The molecule has 33 heavy (non-hydrogen) atoms. The zero-order chi connectivity index (χ0) is 23.8. The third kappa shape index (κ3) is 6.00. The van der Waals surface area contributed by atoms with Gasteiger partial charge in [-0.25, -0.2) is 4.79 Å². The number of carbonyl (C=O) groups is 3. The Bertz CT molecular complexity index is 974. The zero-order valence-electron chi connectivity index (χ0n) is 18.8. The van der Waals surface area contributed by atoms with Gasteiger partial charge in [0.2, 0.25) is 5.91 Å². The molecule has 2 aromatic rings. The third-order valence-electron chi connectivity index (χ3n) is 5.76. The molecular formula is C26H30N2O5. The topological polar surface area (TPSA) is 105 Å². The fourth-order valence-electron chi connectivity index (χ4n) is 4.27. The van der Waals surface area contributed by atoms with E-state index in [9.17, 15) is 14.4 Å². The summed E-state index contributed by atoms with van der Waals surface area (Å²) >= 11 is 0. The van der Waals surface area contributed by atoms with Gasteiger partial charge in [-0.15, -0.1) is 6.58 Å². The number of rotatable bonds is 11. The summed E-state index contributed by atoms with van der Waals surface area (Å²) in [4.78, 5) is 36.3. The second-order valence-corrected chi connectivity index (χ2v) is 8.14. The Morgan fingerprint density at radius 2 is 1.67 bits per heavy atom. The number of nitrogens with one attached hydrogen (secondary N) is 2. The normalized spacial score (nSPS) is 13.8. The molecule has 2 atom stereocenters. The van der Waals surface area contributed by atoms with Crippen molar-refractivity contribution < 1.29 is 24.2 Å². The molecule has 174 valence electrons. The molecule has 0 aliphatic heterocycles. The molecule has 0 saturated heterocycles. The minimum Gasteiger partial charge on any atom is -0.481 e. The van der Waals surface area contributed by atoms with E-state index in [1.807, 2.05) is 43.3 Å². The monoisotopic (exact) mass is 450 g/mol. The first kappa shape index (κ1) is 24.0. The minimum absolute atomic E-state index is 0.0840. The number of carbonyl (C=O) groups excluding carboxylic acids is 2. The highest BCUT2D eigenvalue weighted by atomic mass is 16.5. The van der Waals surface area contributed by atoms with Gasteiger partial charge in [-0.3, -0.25) is 9.59 Å². The summed E-state index contributed by atoms with van der Waals surface area (Å²) < 4.78 is 5.53. The van der Waals surface area contributed by atoms with E-state index in [0.717, 1.165) is 28.7 Å². The summed E-state index contributed by atoms with van der Waals surface area (Å²) in [6.07, 6.45) is 2.10. The number of ether oxygens (including phenoxy) is 1. The van der Waals surface area contributed by atoms with Gasteiger partial charge in [0.1, 0.15) is 12.6 Å². The van der Waals surface area contributed by atoms with Crippen molar-refractivity contribution >= 4 is 18.0 Å². The predicted octanol–water partition coefficient (Wildman–Crippen LogP) is 4.23. The molecule has 0 saturated carbocycles. The molecule has 2 aromatic carbocycles. The molecule has 7 nitrogen and oxygen atoms in total. The van der Waals surface area contributed by atoms with Gasteiger partial charge in [0.15, 0.2) is 0 Å². The molecule has 3 N–H and O–H groups in total. The molecule has 0 fully saturated rings. The number of benzene rings is 2. The maximum Gasteiger partial charge on any atom is 0.407 e. The molecule has 0 radical (unpaired) electrons. The van der Waals surface area contributed by atoms with Crippen LogP contribution < -0.4 is 10.6 Å². The van der Waals surface area contributed by atoms with Crippen molar-refractivity contribution in [3.63, 3.8) is 0 Å². The van der Waals surface area contributed by atoms with E-state index in [2.05, 4.69) is 29.3 Å². The molecule has 0 heterocycles. The van der Waals surface area contributed by atoms with Crippen molar-refractivity contribution in [2.75, 3.05) is 6.61 Å².